The number of ether oxygens (including phenoxy) is 1. The molecular formula is C15H30N2O. The number of hydrogen-bond acceptors (Lipinski definition) is 3. The summed E-state index contributed by atoms with van der Waals surface area (Å²) in [6.07, 6.45) is 6.52. The van der Waals surface area contributed by atoms with Crippen molar-refractivity contribution in [1.82, 2.24) is 10.2 Å². The molecule has 1 unspecified atom stereocenters. The van der Waals surface area contributed by atoms with Gasteiger partial charge in [-0.25, -0.2) is 0 Å². The van der Waals surface area contributed by atoms with Crippen molar-refractivity contribution in [2.45, 2.75) is 58.0 Å². The molecule has 0 radical (unpaired) electrons. The van der Waals surface area contributed by atoms with Crippen molar-refractivity contribution in [3.05, 3.63) is 0 Å². The van der Waals surface area contributed by atoms with Gasteiger partial charge in [0.1, 0.15) is 0 Å². The van der Waals surface area contributed by atoms with Gasteiger partial charge in [-0.05, 0) is 71.5 Å². The molecule has 2 heterocycles. The molecule has 0 amide bonds. The van der Waals surface area contributed by atoms with Crippen LogP contribution in [0.5, 0.6) is 0 Å². The van der Waals surface area contributed by atoms with Crippen LogP contribution in [-0.4, -0.2) is 49.8 Å². The third-order valence-electron chi connectivity index (χ3n) is 4.53. The number of hydrogen-bond donors (Lipinski definition) is 1. The molecule has 0 saturated carbocycles. The first kappa shape index (κ1) is 14.3. The maximum atomic E-state index is 5.42. The summed E-state index contributed by atoms with van der Waals surface area (Å²) in [6.45, 7) is 10.3. The first-order valence-corrected chi connectivity index (χ1v) is 7.81. The Kier molecular flexibility index (Phi) is 5.93. The Morgan fingerprint density at radius 1 is 1.11 bits per heavy atom. The Bertz CT molecular complexity index is 227. The largest absolute Gasteiger partial charge is 0.381 e. The summed E-state index contributed by atoms with van der Waals surface area (Å²) in [5, 5.41) is 3.81. The van der Waals surface area contributed by atoms with Crippen LogP contribution in [0.15, 0.2) is 0 Å². The third-order valence-corrected chi connectivity index (χ3v) is 4.53. The van der Waals surface area contributed by atoms with Crippen LogP contribution in [0.1, 0.15) is 46.0 Å². The Balaban J connectivity index is 1.66. The van der Waals surface area contributed by atoms with Crippen LogP contribution in [-0.2, 0) is 4.74 Å². The van der Waals surface area contributed by atoms with Gasteiger partial charge in [0.15, 0.2) is 0 Å². The van der Waals surface area contributed by atoms with E-state index in [1.807, 2.05) is 0 Å². The Morgan fingerprint density at radius 3 is 2.61 bits per heavy atom. The van der Waals surface area contributed by atoms with Gasteiger partial charge >= 0.3 is 0 Å². The summed E-state index contributed by atoms with van der Waals surface area (Å²) >= 11 is 0. The maximum absolute atomic E-state index is 5.42. The molecular weight excluding hydrogens is 224 g/mol. The lowest BCUT2D eigenvalue weighted by molar-refractivity contribution is 0.0652. The van der Waals surface area contributed by atoms with Crippen molar-refractivity contribution in [3.63, 3.8) is 0 Å². The van der Waals surface area contributed by atoms with E-state index in [4.69, 9.17) is 4.74 Å². The lowest BCUT2D eigenvalue weighted by atomic mass is 9.99. The predicted molar refractivity (Wildman–Crippen MR) is 75.9 cm³/mol. The highest BCUT2D eigenvalue weighted by Crippen LogP contribution is 2.16. The van der Waals surface area contributed by atoms with E-state index in [1.165, 1.54) is 51.7 Å². The van der Waals surface area contributed by atoms with E-state index < -0.39 is 0 Å². The highest BCUT2D eigenvalue weighted by Gasteiger charge is 2.20. The van der Waals surface area contributed by atoms with Crippen LogP contribution in [0.2, 0.25) is 0 Å². The molecule has 2 rings (SSSR count). The van der Waals surface area contributed by atoms with Gasteiger partial charge in [0.05, 0.1) is 0 Å². The van der Waals surface area contributed by atoms with Crippen molar-refractivity contribution >= 4 is 0 Å². The second-order valence-corrected chi connectivity index (χ2v) is 6.22. The summed E-state index contributed by atoms with van der Waals surface area (Å²) in [4.78, 5) is 2.62. The standard InChI is InChI=1S/C15H30N2O/c1-13(2)17-8-3-4-15(5-9-17)16-12-14-6-10-18-11-7-14/h13-16H,3-12H2,1-2H3. The molecule has 106 valence electrons. The molecule has 1 atom stereocenters. The van der Waals surface area contributed by atoms with Crippen molar-refractivity contribution in [2.75, 3.05) is 32.8 Å². The van der Waals surface area contributed by atoms with E-state index in [2.05, 4.69) is 24.1 Å². The van der Waals surface area contributed by atoms with Gasteiger partial charge in [-0.1, -0.05) is 0 Å². The number of likely N-dealkylation sites (tertiary alicyclic amines) is 1. The molecule has 3 nitrogen and oxygen atoms in total. The number of nitrogens with zero attached hydrogens (tertiary/aromatic N) is 1. The Labute approximate surface area is 112 Å². The highest BCUT2D eigenvalue weighted by molar-refractivity contribution is 4.78. The Hall–Kier alpha value is -0.120. The van der Waals surface area contributed by atoms with E-state index in [1.54, 1.807) is 0 Å². The van der Waals surface area contributed by atoms with Gasteiger partial charge in [0.2, 0.25) is 0 Å². The fourth-order valence-electron chi connectivity index (χ4n) is 3.12. The molecule has 0 aliphatic carbocycles. The first-order chi connectivity index (χ1) is 8.75. The molecule has 18 heavy (non-hydrogen) atoms. The first-order valence-electron chi connectivity index (χ1n) is 7.81. The Morgan fingerprint density at radius 2 is 1.89 bits per heavy atom. The lowest BCUT2D eigenvalue weighted by Crippen LogP contribution is -2.37. The van der Waals surface area contributed by atoms with Gasteiger partial charge in [-0.15, -0.1) is 0 Å². The molecule has 3 heteroatoms. The fourth-order valence-corrected chi connectivity index (χ4v) is 3.12. The predicted octanol–water partition coefficient (Wildman–Crippen LogP) is 2.27. The van der Waals surface area contributed by atoms with Crippen molar-refractivity contribution < 1.29 is 4.74 Å². The van der Waals surface area contributed by atoms with Crippen LogP contribution in [0.4, 0.5) is 0 Å². The van der Waals surface area contributed by atoms with Crippen molar-refractivity contribution in [3.8, 4) is 0 Å². The molecule has 2 aliphatic rings. The van der Waals surface area contributed by atoms with Gasteiger partial charge in [-0.2, -0.15) is 0 Å². The quantitative estimate of drug-likeness (QED) is 0.833. The normalized spacial score (nSPS) is 28.5. The summed E-state index contributed by atoms with van der Waals surface area (Å²) in [5.41, 5.74) is 0. The second-order valence-electron chi connectivity index (χ2n) is 6.22. The van der Waals surface area contributed by atoms with Gasteiger partial charge in [-0.3, -0.25) is 0 Å². The second kappa shape index (κ2) is 7.46. The van der Waals surface area contributed by atoms with Crippen LogP contribution in [0.25, 0.3) is 0 Å². The van der Waals surface area contributed by atoms with E-state index in [0.717, 1.165) is 25.2 Å². The van der Waals surface area contributed by atoms with Crippen LogP contribution < -0.4 is 5.32 Å². The number of rotatable bonds is 4. The topological polar surface area (TPSA) is 24.5 Å². The smallest absolute Gasteiger partial charge is 0.0469 e. The zero-order chi connectivity index (χ0) is 12.8. The molecule has 2 saturated heterocycles. The molecule has 1 N–H and O–H groups in total. The fraction of sp³-hybridized carbons (Fsp3) is 1.00. The monoisotopic (exact) mass is 254 g/mol. The minimum atomic E-state index is 0.708. The summed E-state index contributed by atoms with van der Waals surface area (Å²) in [7, 11) is 0. The molecule has 0 bridgehead atoms. The minimum absolute atomic E-state index is 0.708. The van der Waals surface area contributed by atoms with Crippen LogP contribution in [0, 0.1) is 5.92 Å². The highest BCUT2D eigenvalue weighted by atomic mass is 16.5. The lowest BCUT2D eigenvalue weighted by Gasteiger charge is -2.26. The SMILES string of the molecule is CC(C)N1CCCC(NCC2CCOCC2)CC1. The van der Waals surface area contributed by atoms with E-state index in [-0.39, 0.29) is 0 Å². The van der Waals surface area contributed by atoms with Crippen molar-refractivity contribution in [1.29, 1.82) is 0 Å². The van der Waals surface area contributed by atoms with E-state index in [0.29, 0.717) is 6.04 Å². The van der Waals surface area contributed by atoms with Gasteiger partial charge in [0.25, 0.3) is 0 Å². The average molecular weight is 254 g/mol. The molecule has 2 fully saturated rings. The van der Waals surface area contributed by atoms with Crippen molar-refractivity contribution in [2.24, 2.45) is 5.92 Å². The van der Waals surface area contributed by atoms with E-state index in [9.17, 15) is 0 Å². The van der Waals surface area contributed by atoms with E-state index >= 15 is 0 Å². The maximum Gasteiger partial charge on any atom is 0.0469 e. The van der Waals surface area contributed by atoms with Crippen LogP contribution in [0.3, 0.4) is 0 Å². The summed E-state index contributed by atoms with van der Waals surface area (Å²) < 4.78 is 5.42. The average Bonchev–Trinajstić information content (AvgIpc) is 2.63. The summed E-state index contributed by atoms with van der Waals surface area (Å²) in [6, 6.07) is 1.45. The zero-order valence-electron chi connectivity index (χ0n) is 12.2. The molecule has 0 aromatic heterocycles. The minimum Gasteiger partial charge on any atom is -0.381 e. The molecule has 0 spiro atoms. The van der Waals surface area contributed by atoms with Gasteiger partial charge in [0, 0.05) is 25.3 Å². The zero-order valence-corrected chi connectivity index (χ0v) is 12.2. The third kappa shape index (κ3) is 4.52. The number of nitrogens with one attached hydrogen (secondary N) is 1. The summed E-state index contributed by atoms with van der Waals surface area (Å²) in [5.74, 6) is 0.850. The molecule has 0 aromatic carbocycles. The molecule has 0 aromatic rings. The van der Waals surface area contributed by atoms with Gasteiger partial charge < -0.3 is 15.0 Å². The molecule has 2 aliphatic heterocycles. The van der Waals surface area contributed by atoms with Crippen LogP contribution >= 0.6 is 0 Å².